The number of ether oxygens (including phenoxy) is 1. The quantitative estimate of drug-likeness (QED) is 0.428. The summed E-state index contributed by atoms with van der Waals surface area (Å²) in [4.78, 5) is 4.04. The van der Waals surface area contributed by atoms with E-state index in [-0.39, 0.29) is 42.0 Å². The van der Waals surface area contributed by atoms with E-state index in [1.54, 1.807) is 14.2 Å². The molecule has 1 aromatic carbocycles. The summed E-state index contributed by atoms with van der Waals surface area (Å²) < 4.78 is 31.9. The molecule has 0 spiro atoms. The highest BCUT2D eigenvalue weighted by atomic mass is 127. The fourth-order valence-electron chi connectivity index (χ4n) is 1.80. The van der Waals surface area contributed by atoms with Crippen molar-refractivity contribution in [1.29, 1.82) is 0 Å². The van der Waals surface area contributed by atoms with E-state index in [1.165, 1.54) is 18.2 Å². The zero-order valence-electron chi connectivity index (χ0n) is 12.5. The summed E-state index contributed by atoms with van der Waals surface area (Å²) in [5.41, 5.74) is 0.0837. The van der Waals surface area contributed by atoms with Crippen molar-refractivity contribution >= 4 is 29.9 Å². The van der Waals surface area contributed by atoms with Gasteiger partial charge in [0.2, 0.25) is 0 Å². The van der Waals surface area contributed by atoms with Crippen molar-refractivity contribution in [3.05, 3.63) is 35.4 Å². The van der Waals surface area contributed by atoms with Gasteiger partial charge in [-0.2, -0.15) is 0 Å². The number of rotatable bonds is 6. The molecular formula is C14H22F2IN3O. The first-order chi connectivity index (χ1) is 9.58. The number of guanidine groups is 1. The normalized spacial score (nSPS) is 12.5. The third-order valence-corrected chi connectivity index (χ3v) is 2.75. The molecule has 0 bridgehead atoms. The highest BCUT2D eigenvalue weighted by molar-refractivity contribution is 14.0. The number of nitrogens with one attached hydrogen (secondary N) is 2. The molecule has 21 heavy (non-hydrogen) atoms. The van der Waals surface area contributed by atoms with Gasteiger partial charge in [-0.05, 0) is 25.5 Å². The fraction of sp³-hybridized carbons (Fsp3) is 0.500. The molecular weight excluding hydrogens is 391 g/mol. The third-order valence-electron chi connectivity index (χ3n) is 2.75. The SMILES string of the molecule is CN=C(NCCc1c(F)cccc1F)NC(C)COC.I. The van der Waals surface area contributed by atoms with E-state index in [9.17, 15) is 8.78 Å². The zero-order valence-corrected chi connectivity index (χ0v) is 14.8. The van der Waals surface area contributed by atoms with Crippen LogP contribution in [0.4, 0.5) is 8.78 Å². The van der Waals surface area contributed by atoms with Crippen LogP contribution in [0.5, 0.6) is 0 Å². The number of nitrogens with zero attached hydrogens (tertiary/aromatic N) is 1. The first kappa shape index (κ1) is 20.0. The Balaban J connectivity index is 0.00000400. The molecule has 0 aliphatic heterocycles. The molecule has 0 aromatic heterocycles. The number of benzene rings is 1. The van der Waals surface area contributed by atoms with Crippen LogP contribution in [0.15, 0.2) is 23.2 Å². The molecule has 0 aliphatic rings. The van der Waals surface area contributed by atoms with Crippen LogP contribution < -0.4 is 10.6 Å². The Morgan fingerprint density at radius 3 is 2.48 bits per heavy atom. The molecule has 0 saturated carbocycles. The fourth-order valence-corrected chi connectivity index (χ4v) is 1.80. The van der Waals surface area contributed by atoms with Gasteiger partial charge in [0.1, 0.15) is 11.6 Å². The summed E-state index contributed by atoms with van der Waals surface area (Å²) in [7, 11) is 3.26. The first-order valence-corrected chi connectivity index (χ1v) is 6.47. The van der Waals surface area contributed by atoms with E-state index in [0.29, 0.717) is 19.1 Å². The molecule has 1 aromatic rings. The van der Waals surface area contributed by atoms with Gasteiger partial charge in [-0.3, -0.25) is 4.99 Å². The number of hydrogen-bond acceptors (Lipinski definition) is 2. The standard InChI is InChI=1S/C14H21F2N3O.HI/c1-10(9-20-3)19-14(17-2)18-8-7-11-12(15)5-4-6-13(11)16;/h4-6,10H,7-9H2,1-3H3,(H2,17,18,19);1H. The first-order valence-electron chi connectivity index (χ1n) is 6.47. The van der Waals surface area contributed by atoms with Crippen LogP contribution >= 0.6 is 24.0 Å². The van der Waals surface area contributed by atoms with E-state index in [2.05, 4.69) is 15.6 Å². The van der Waals surface area contributed by atoms with Gasteiger partial charge < -0.3 is 15.4 Å². The van der Waals surface area contributed by atoms with Crippen LogP contribution in [-0.4, -0.2) is 39.3 Å². The molecule has 0 heterocycles. The number of aliphatic imine (C=N–C) groups is 1. The lowest BCUT2D eigenvalue weighted by molar-refractivity contribution is 0.179. The molecule has 7 heteroatoms. The molecule has 0 fully saturated rings. The van der Waals surface area contributed by atoms with E-state index < -0.39 is 11.6 Å². The van der Waals surface area contributed by atoms with Crippen LogP contribution in [0.1, 0.15) is 12.5 Å². The molecule has 120 valence electrons. The summed E-state index contributed by atoms with van der Waals surface area (Å²) in [5.74, 6) is -0.476. The lowest BCUT2D eigenvalue weighted by atomic mass is 10.1. The Morgan fingerprint density at radius 1 is 1.33 bits per heavy atom. The number of halogens is 3. The van der Waals surface area contributed by atoms with Crippen molar-refractivity contribution in [1.82, 2.24) is 10.6 Å². The molecule has 1 atom stereocenters. The van der Waals surface area contributed by atoms with Gasteiger partial charge in [-0.1, -0.05) is 6.07 Å². The minimum absolute atomic E-state index is 0. The maximum atomic E-state index is 13.4. The molecule has 0 radical (unpaired) electrons. The topological polar surface area (TPSA) is 45.7 Å². The van der Waals surface area contributed by atoms with Crippen molar-refractivity contribution in [3.63, 3.8) is 0 Å². The second kappa shape index (κ2) is 10.7. The Labute approximate surface area is 141 Å². The maximum Gasteiger partial charge on any atom is 0.191 e. The summed E-state index contributed by atoms with van der Waals surface area (Å²) in [5, 5.41) is 6.12. The highest BCUT2D eigenvalue weighted by Crippen LogP contribution is 2.11. The van der Waals surface area contributed by atoms with Gasteiger partial charge in [-0.15, -0.1) is 24.0 Å². The van der Waals surface area contributed by atoms with Gasteiger partial charge in [0.25, 0.3) is 0 Å². The van der Waals surface area contributed by atoms with E-state index in [4.69, 9.17) is 4.74 Å². The summed E-state index contributed by atoms with van der Waals surface area (Å²) in [6, 6.07) is 3.96. The Bertz CT molecular complexity index is 438. The van der Waals surface area contributed by atoms with Crippen LogP contribution in [-0.2, 0) is 11.2 Å². The van der Waals surface area contributed by atoms with Gasteiger partial charge in [0, 0.05) is 32.3 Å². The highest BCUT2D eigenvalue weighted by Gasteiger charge is 2.09. The van der Waals surface area contributed by atoms with Crippen LogP contribution in [0.25, 0.3) is 0 Å². The van der Waals surface area contributed by atoms with Crippen LogP contribution in [0.2, 0.25) is 0 Å². The molecule has 0 aliphatic carbocycles. The Kier molecular flexibility index (Phi) is 10.2. The lowest BCUT2D eigenvalue weighted by Gasteiger charge is -2.17. The van der Waals surface area contributed by atoms with E-state index in [1.807, 2.05) is 6.92 Å². The smallest absolute Gasteiger partial charge is 0.191 e. The van der Waals surface area contributed by atoms with Gasteiger partial charge in [0.05, 0.1) is 6.61 Å². The van der Waals surface area contributed by atoms with Crippen molar-refractivity contribution in [2.75, 3.05) is 27.3 Å². The predicted octanol–water partition coefficient (Wildman–Crippen LogP) is 2.33. The molecule has 0 amide bonds. The molecule has 1 rings (SSSR count). The van der Waals surface area contributed by atoms with Gasteiger partial charge in [0.15, 0.2) is 5.96 Å². The Morgan fingerprint density at radius 2 is 1.95 bits per heavy atom. The van der Waals surface area contributed by atoms with Gasteiger partial charge >= 0.3 is 0 Å². The minimum Gasteiger partial charge on any atom is -0.383 e. The monoisotopic (exact) mass is 413 g/mol. The van der Waals surface area contributed by atoms with Crippen molar-refractivity contribution in [2.45, 2.75) is 19.4 Å². The van der Waals surface area contributed by atoms with Crippen LogP contribution in [0.3, 0.4) is 0 Å². The second-order valence-electron chi connectivity index (χ2n) is 4.45. The summed E-state index contributed by atoms with van der Waals surface area (Å²) >= 11 is 0. The maximum absolute atomic E-state index is 13.4. The molecule has 1 unspecified atom stereocenters. The number of hydrogen-bond donors (Lipinski definition) is 2. The van der Waals surface area contributed by atoms with Gasteiger partial charge in [-0.25, -0.2) is 8.78 Å². The van der Waals surface area contributed by atoms with Crippen LogP contribution in [0, 0.1) is 11.6 Å². The average Bonchev–Trinajstić information content (AvgIpc) is 2.41. The largest absolute Gasteiger partial charge is 0.383 e. The number of methoxy groups -OCH3 is 1. The van der Waals surface area contributed by atoms with Crippen molar-refractivity contribution in [2.24, 2.45) is 4.99 Å². The van der Waals surface area contributed by atoms with E-state index in [0.717, 1.165) is 0 Å². The zero-order chi connectivity index (χ0) is 15.0. The lowest BCUT2D eigenvalue weighted by Crippen LogP contribution is -2.44. The predicted molar refractivity (Wildman–Crippen MR) is 91.3 cm³/mol. The van der Waals surface area contributed by atoms with Crippen molar-refractivity contribution in [3.8, 4) is 0 Å². The third kappa shape index (κ3) is 7.03. The minimum atomic E-state index is -0.525. The molecule has 0 saturated heterocycles. The summed E-state index contributed by atoms with van der Waals surface area (Å²) in [6.45, 7) is 2.88. The van der Waals surface area contributed by atoms with Crippen molar-refractivity contribution < 1.29 is 13.5 Å². The molecule has 4 nitrogen and oxygen atoms in total. The Hall–Kier alpha value is -0.960. The average molecular weight is 413 g/mol. The van der Waals surface area contributed by atoms with E-state index >= 15 is 0 Å². The second-order valence-corrected chi connectivity index (χ2v) is 4.45. The molecule has 2 N–H and O–H groups in total. The summed E-state index contributed by atoms with van der Waals surface area (Å²) in [6.07, 6.45) is 0.248.